The number of carbonyl (C=O) groups is 2. The van der Waals surface area contributed by atoms with E-state index in [0.29, 0.717) is 25.8 Å². The standard InChI is InChI=1S/C15H30N2O3/c1-2-3-4-5-6-7-8-11-14(18)17-13(15(19)20)10-9-12-16/h13H,2-12,16H2,1H3,(H,17,18)(H,19,20)/t13-/m0/s1. The lowest BCUT2D eigenvalue weighted by atomic mass is 10.1. The smallest absolute Gasteiger partial charge is 0.326 e. The highest BCUT2D eigenvalue weighted by atomic mass is 16.4. The lowest BCUT2D eigenvalue weighted by Gasteiger charge is -2.13. The summed E-state index contributed by atoms with van der Waals surface area (Å²) in [5.74, 6) is -1.14. The van der Waals surface area contributed by atoms with Crippen molar-refractivity contribution in [3.63, 3.8) is 0 Å². The van der Waals surface area contributed by atoms with Gasteiger partial charge in [0.2, 0.25) is 5.91 Å². The van der Waals surface area contributed by atoms with Crippen LogP contribution in [0.2, 0.25) is 0 Å². The van der Waals surface area contributed by atoms with Crippen LogP contribution < -0.4 is 11.1 Å². The monoisotopic (exact) mass is 286 g/mol. The van der Waals surface area contributed by atoms with E-state index in [1.54, 1.807) is 0 Å². The van der Waals surface area contributed by atoms with E-state index in [0.717, 1.165) is 19.3 Å². The Kier molecular flexibility index (Phi) is 12.2. The van der Waals surface area contributed by atoms with Crippen molar-refractivity contribution < 1.29 is 14.7 Å². The molecule has 0 aromatic carbocycles. The zero-order chi connectivity index (χ0) is 15.2. The van der Waals surface area contributed by atoms with Gasteiger partial charge < -0.3 is 16.2 Å². The molecule has 0 heterocycles. The number of rotatable bonds is 13. The van der Waals surface area contributed by atoms with E-state index in [9.17, 15) is 9.59 Å². The molecule has 20 heavy (non-hydrogen) atoms. The van der Waals surface area contributed by atoms with Gasteiger partial charge in [-0.2, -0.15) is 0 Å². The van der Waals surface area contributed by atoms with E-state index in [1.165, 1.54) is 25.7 Å². The van der Waals surface area contributed by atoms with Crippen molar-refractivity contribution >= 4 is 11.9 Å². The van der Waals surface area contributed by atoms with Gasteiger partial charge in [0, 0.05) is 6.42 Å². The van der Waals surface area contributed by atoms with Crippen LogP contribution in [-0.4, -0.2) is 29.6 Å². The van der Waals surface area contributed by atoms with Crippen molar-refractivity contribution in [2.45, 2.75) is 77.2 Å². The molecule has 1 amide bonds. The molecule has 4 N–H and O–H groups in total. The average molecular weight is 286 g/mol. The summed E-state index contributed by atoms with van der Waals surface area (Å²) in [6, 6.07) is -0.796. The lowest BCUT2D eigenvalue weighted by Crippen LogP contribution is -2.40. The Morgan fingerprint density at radius 2 is 1.65 bits per heavy atom. The molecule has 0 unspecified atom stereocenters. The molecule has 0 rings (SSSR count). The molecule has 0 saturated heterocycles. The first-order valence-corrected chi connectivity index (χ1v) is 7.84. The van der Waals surface area contributed by atoms with Gasteiger partial charge in [-0.05, 0) is 25.8 Å². The highest BCUT2D eigenvalue weighted by Crippen LogP contribution is 2.08. The molecule has 0 bridgehead atoms. The number of amides is 1. The van der Waals surface area contributed by atoms with Gasteiger partial charge in [0.15, 0.2) is 0 Å². The normalized spacial score (nSPS) is 12.1. The molecular formula is C15H30N2O3. The van der Waals surface area contributed by atoms with Crippen LogP contribution in [0.3, 0.4) is 0 Å². The van der Waals surface area contributed by atoms with Crippen LogP contribution in [0.25, 0.3) is 0 Å². The second kappa shape index (κ2) is 12.9. The molecule has 5 heteroatoms. The quantitative estimate of drug-likeness (QED) is 0.453. The summed E-state index contributed by atoms with van der Waals surface area (Å²) in [7, 11) is 0. The van der Waals surface area contributed by atoms with Crippen LogP contribution in [0.1, 0.15) is 71.1 Å². The third-order valence-electron chi connectivity index (χ3n) is 3.34. The van der Waals surface area contributed by atoms with Gasteiger partial charge in [-0.3, -0.25) is 4.79 Å². The molecule has 118 valence electrons. The molecule has 0 saturated carbocycles. The van der Waals surface area contributed by atoms with Crippen molar-refractivity contribution in [1.29, 1.82) is 0 Å². The number of carboxylic acid groups (broad SMARTS) is 1. The maximum atomic E-state index is 11.7. The molecule has 0 aliphatic rings. The van der Waals surface area contributed by atoms with Gasteiger partial charge in [0.05, 0.1) is 0 Å². The summed E-state index contributed by atoms with van der Waals surface area (Å²) in [4.78, 5) is 22.6. The van der Waals surface area contributed by atoms with Crippen molar-refractivity contribution in [2.24, 2.45) is 5.73 Å². The molecule has 0 aromatic rings. The maximum absolute atomic E-state index is 11.7. The molecular weight excluding hydrogens is 256 g/mol. The van der Waals surface area contributed by atoms with Gasteiger partial charge in [0.1, 0.15) is 6.04 Å². The third kappa shape index (κ3) is 10.8. The Bertz CT molecular complexity index is 270. The summed E-state index contributed by atoms with van der Waals surface area (Å²) in [5.41, 5.74) is 5.35. The summed E-state index contributed by atoms with van der Waals surface area (Å²) in [6.45, 7) is 2.63. The van der Waals surface area contributed by atoms with Crippen LogP contribution in [0.5, 0.6) is 0 Å². The highest BCUT2D eigenvalue weighted by Gasteiger charge is 2.18. The third-order valence-corrected chi connectivity index (χ3v) is 3.34. The van der Waals surface area contributed by atoms with Gasteiger partial charge in [-0.25, -0.2) is 4.79 Å². The van der Waals surface area contributed by atoms with Crippen LogP contribution >= 0.6 is 0 Å². The molecule has 0 spiro atoms. The molecule has 0 radical (unpaired) electrons. The Labute approximate surface area is 122 Å². The number of hydrogen-bond donors (Lipinski definition) is 3. The van der Waals surface area contributed by atoms with Crippen molar-refractivity contribution in [2.75, 3.05) is 6.54 Å². The van der Waals surface area contributed by atoms with Crippen LogP contribution in [0, 0.1) is 0 Å². The first-order valence-electron chi connectivity index (χ1n) is 7.84. The lowest BCUT2D eigenvalue weighted by molar-refractivity contribution is -0.142. The fraction of sp³-hybridized carbons (Fsp3) is 0.867. The first-order chi connectivity index (χ1) is 9.61. The Morgan fingerprint density at radius 3 is 2.20 bits per heavy atom. The number of hydrogen-bond acceptors (Lipinski definition) is 3. The van der Waals surface area contributed by atoms with E-state index in [4.69, 9.17) is 10.8 Å². The first kappa shape index (κ1) is 18.9. The van der Waals surface area contributed by atoms with Gasteiger partial charge in [0.25, 0.3) is 0 Å². The Balaban J connectivity index is 3.66. The maximum Gasteiger partial charge on any atom is 0.326 e. The number of unbranched alkanes of at least 4 members (excludes halogenated alkanes) is 6. The second-order valence-corrected chi connectivity index (χ2v) is 5.26. The van der Waals surface area contributed by atoms with Gasteiger partial charge in [-0.15, -0.1) is 0 Å². The number of aliphatic carboxylic acids is 1. The molecule has 0 aromatic heterocycles. The van der Waals surface area contributed by atoms with Gasteiger partial charge in [-0.1, -0.05) is 45.4 Å². The number of carbonyl (C=O) groups excluding carboxylic acids is 1. The molecule has 0 aliphatic carbocycles. The number of carboxylic acids is 1. The molecule has 0 fully saturated rings. The topological polar surface area (TPSA) is 92.4 Å². The second-order valence-electron chi connectivity index (χ2n) is 5.26. The minimum absolute atomic E-state index is 0.164. The van der Waals surface area contributed by atoms with E-state index in [-0.39, 0.29) is 5.91 Å². The summed E-state index contributed by atoms with van der Waals surface area (Å²) >= 11 is 0. The predicted molar refractivity (Wildman–Crippen MR) is 80.5 cm³/mol. The Morgan fingerprint density at radius 1 is 1.05 bits per heavy atom. The summed E-state index contributed by atoms with van der Waals surface area (Å²) in [5, 5.41) is 11.6. The largest absolute Gasteiger partial charge is 0.480 e. The van der Waals surface area contributed by atoms with E-state index < -0.39 is 12.0 Å². The van der Waals surface area contributed by atoms with Crippen molar-refractivity contribution in [3.05, 3.63) is 0 Å². The highest BCUT2D eigenvalue weighted by molar-refractivity contribution is 5.83. The molecule has 1 atom stereocenters. The SMILES string of the molecule is CCCCCCCCCC(=O)N[C@@H](CCCN)C(=O)O. The number of nitrogens with one attached hydrogen (secondary N) is 1. The minimum Gasteiger partial charge on any atom is -0.480 e. The fourth-order valence-electron chi connectivity index (χ4n) is 2.09. The molecule has 0 aliphatic heterocycles. The molecule has 5 nitrogen and oxygen atoms in total. The van der Waals surface area contributed by atoms with E-state index >= 15 is 0 Å². The Hall–Kier alpha value is -1.10. The van der Waals surface area contributed by atoms with Crippen LogP contribution in [0.4, 0.5) is 0 Å². The number of nitrogens with two attached hydrogens (primary N) is 1. The van der Waals surface area contributed by atoms with Crippen molar-refractivity contribution in [3.8, 4) is 0 Å². The van der Waals surface area contributed by atoms with Gasteiger partial charge >= 0.3 is 5.97 Å². The van der Waals surface area contributed by atoms with Crippen molar-refractivity contribution in [1.82, 2.24) is 5.32 Å². The zero-order valence-corrected chi connectivity index (χ0v) is 12.7. The summed E-state index contributed by atoms with van der Waals surface area (Å²) in [6.07, 6.45) is 9.46. The zero-order valence-electron chi connectivity index (χ0n) is 12.7. The van der Waals surface area contributed by atoms with Crippen LogP contribution in [0.15, 0.2) is 0 Å². The van der Waals surface area contributed by atoms with E-state index in [2.05, 4.69) is 12.2 Å². The summed E-state index contributed by atoms with van der Waals surface area (Å²) < 4.78 is 0. The fourth-order valence-corrected chi connectivity index (χ4v) is 2.09. The minimum atomic E-state index is -0.980. The average Bonchev–Trinajstić information content (AvgIpc) is 2.42. The predicted octanol–water partition coefficient (Wildman–Crippen LogP) is 2.44. The van der Waals surface area contributed by atoms with E-state index in [1.807, 2.05) is 0 Å². The van der Waals surface area contributed by atoms with Crippen LogP contribution in [-0.2, 0) is 9.59 Å².